The summed E-state index contributed by atoms with van der Waals surface area (Å²) in [6.45, 7) is 0. The largest absolute Gasteiger partial charge is 0.288 e. The van der Waals surface area contributed by atoms with Crippen LogP contribution in [0.5, 0.6) is 0 Å². The van der Waals surface area contributed by atoms with Crippen molar-refractivity contribution in [2.24, 2.45) is 0 Å². The minimum absolute atomic E-state index is 0.144. The van der Waals surface area contributed by atoms with Gasteiger partial charge in [-0.05, 0) is 30.3 Å². The van der Waals surface area contributed by atoms with E-state index in [2.05, 4.69) is 31.8 Å². The minimum Gasteiger partial charge on any atom is -0.267 e. The molecule has 0 aliphatic carbocycles. The summed E-state index contributed by atoms with van der Waals surface area (Å²) in [4.78, 5) is 28.2. The van der Waals surface area contributed by atoms with Crippen molar-refractivity contribution >= 4 is 38.6 Å². The number of fused-ring (bicyclic) bond motifs is 1. The maximum Gasteiger partial charge on any atom is 0.288 e. The molecule has 1 aromatic heterocycles. The molecular formula is C17H11BrFN3O2. The topological polar surface area (TPSA) is 71.1 Å². The van der Waals surface area contributed by atoms with Gasteiger partial charge in [0.25, 0.3) is 11.8 Å². The molecular weight excluding hydrogens is 377 g/mol. The number of amides is 2. The van der Waals surface area contributed by atoms with Gasteiger partial charge in [-0.1, -0.05) is 40.2 Å². The monoisotopic (exact) mass is 387 g/mol. The number of nitrogens with one attached hydrogen (secondary N) is 2. The van der Waals surface area contributed by atoms with Crippen LogP contribution in [0.1, 0.15) is 20.8 Å². The van der Waals surface area contributed by atoms with E-state index < -0.39 is 17.6 Å². The molecule has 0 bridgehead atoms. The zero-order valence-electron chi connectivity index (χ0n) is 12.2. The van der Waals surface area contributed by atoms with E-state index in [1.54, 1.807) is 18.2 Å². The zero-order valence-corrected chi connectivity index (χ0v) is 13.8. The average Bonchev–Trinajstić information content (AvgIpc) is 2.59. The third-order valence-corrected chi connectivity index (χ3v) is 3.79. The third-order valence-electron chi connectivity index (χ3n) is 3.30. The van der Waals surface area contributed by atoms with Crippen LogP contribution in [0.15, 0.2) is 59.1 Å². The Morgan fingerprint density at radius 2 is 1.71 bits per heavy atom. The molecule has 1 heterocycles. The van der Waals surface area contributed by atoms with Crippen LogP contribution in [0.3, 0.4) is 0 Å². The van der Waals surface area contributed by atoms with E-state index in [1.165, 1.54) is 18.2 Å². The first-order valence-electron chi connectivity index (χ1n) is 6.96. The molecule has 24 heavy (non-hydrogen) atoms. The first kappa shape index (κ1) is 16.1. The van der Waals surface area contributed by atoms with Crippen molar-refractivity contribution in [1.82, 2.24) is 15.8 Å². The standard InChI is InChI=1S/C17H11BrFN3O2/c18-11-6-7-12(13(19)9-11)16(23)21-22-17(24)15-8-5-10-3-1-2-4-14(10)20-15/h1-9H,(H,21,23)(H,22,24). The fourth-order valence-electron chi connectivity index (χ4n) is 2.11. The summed E-state index contributed by atoms with van der Waals surface area (Å²) >= 11 is 3.11. The number of pyridine rings is 1. The lowest BCUT2D eigenvalue weighted by Crippen LogP contribution is -2.42. The number of para-hydroxylation sites is 1. The second kappa shape index (κ2) is 6.76. The van der Waals surface area contributed by atoms with E-state index in [-0.39, 0.29) is 11.3 Å². The van der Waals surface area contributed by atoms with Crippen LogP contribution in [0.4, 0.5) is 4.39 Å². The number of aromatic nitrogens is 1. The van der Waals surface area contributed by atoms with Gasteiger partial charge in [0, 0.05) is 9.86 Å². The third kappa shape index (κ3) is 3.41. The minimum atomic E-state index is -0.755. The Labute approximate surface area is 145 Å². The Balaban J connectivity index is 1.71. The van der Waals surface area contributed by atoms with Gasteiger partial charge in [0.1, 0.15) is 11.5 Å². The molecule has 2 N–H and O–H groups in total. The quantitative estimate of drug-likeness (QED) is 0.663. The number of rotatable bonds is 2. The molecule has 0 saturated carbocycles. The predicted octanol–water partition coefficient (Wildman–Crippen LogP) is 3.21. The van der Waals surface area contributed by atoms with Crippen LogP contribution in [0.2, 0.25) is 0 Å². The van der Waals surface area contributed by atoms with Gasteiger partial charge in [-0.2, -0.15) is 0 Å². The van der Waals surface area contributed by atoms with Crippen LogP contribution < -0.4 is 10.9 Å². The van der Waals surface area contributed by atoms with E-state index in [9.17, 15) is 14.0 Å². The van der Waals surface area contributed by atoms with Crippen molar-refractivity contribution in [1.29, 1.82) is 0 Å². The molecule has 0 radical (unpaired) electrons. The predicted molar refractivity (Wildman–Crippen MR) is 90.8 cm³/mol. The molecule has 0 saturated heterocycles. The van der Waals surface area contributed by atoms with E-state index >= 15 is 0 Å². The Morgan fingerprint density at radius 3 is 2.50 bits per heavy atom. The molecule has 0 fully saturated rings. The molecule has 7 heteroatoms. The molecule has 0 aliphatic heterocycles. The van der Waals surface area contributed by atoms with Gasteiger partial charge in [0.15, 0.2) is 0 Å². The van der Waals surface area contributed by atoms with Crippen LogP contribution in [0.25, 0.3) is 10.9 Å². The van der Waals surface area contributed by atoms with Crippen molar-refractivity contribution in [2.75, 3.05) is 0 Å². The van der Waals surface area contributed by atoms with Gasteiger partial charge in [-0.25, -0.2) is 9.37 Å². The van der Waals surface area contributed by atoms with Crippen LogP contribution >= 0.6 is 15.9 Å². The number of halogens is 2. The molecule has 3 rings (SSSR count). The number of hydrogen-bond donors (Lipinski definition) is 2. The number of carbonyl (C=O) groups excluding carboxylic acids is 2. The highest BCUT2D eigenvalue weighted by molar-refractivity contribution is 9.10. The van der Waals surface area contributed by atoms with Crippen molar-refractivity contribution in [2.45, 2.75) is 0 Å². The molecule has 120 valence electrons. The van der Waals surface area contributed by atoms with E-state index in [0.29, 0.717) is 9.99 Å². The Hall–Kier alpha value is -2.80. The SMILES string of the molecule is O=C(NNC(=O)c1ccc(Br)cc1F)c1ccc2ccccc2n1. The first-order valence-corrected chi connectivity index (χ1v) is 7.75. The summed E-state index contributed by atoms with van der Waals surface area (Å²) in [6, 6.07) is 14.7. The lowest BCUT2D eigenvalue weighted by molar-refractivity contribution is 0.0842. The lowest BCUT2D eigenvalue weighted by Gasteiger charge is -2.08. The maximum atomic E-state index is 13.7. The zero-order chi connectivity index (χ0) is 17.1. The van der Waals surface area contributed by atoms with Crippen molar-refractivity contribution in [3.05, 3.63) is 76.1 Å². The maximum absolute atomic E-state index is 13.7. The van der Waals surface area contributed by atoms with E-state index in [1.807, 2.05) is 18.2 Å². The highest BCUT2D eigenvalue weighted by Crippen LogP contribution is 2.15. The van der Waals surface area contributed by atoms with Crippen molar-refractivity contribution in [3.63, 3.8) is 0 Å². The Bertz CT molecular complexity index is 946. The average molecular weight is 388 g/mol. The smallest absolute Gasteiger partial charge is 0.267 e. The summed E-state index contributed by atoms with van der Waals surface area (Å²) in [5.41, 5.74) is 5.03. The highest BCUT2D eigenvalue weighted by Gasteiger charge is 2.14. The first-order chi connectivity index (χ1) is 11.5. The van der Waals surface area contributed by atoms with Crippen molar-refractivity contribution < 1.29 is 14.0 Å². The van der Waals surface area contributed by atoms with E-state index in [0.717, 1.165) is 5.39 Å². The van der Waals surface area contributed by atoms with Gasteiger partial charge < -0.3 is 0 Å². The molecule has 2 amide bonds. The number of nitrogens with zero attached hydrogens (tertiary/aromatic N) is 1. The summed E-state index contributed by atoms with van der Waals surface area (Å²) in [6.07, 6.45) is 0. The Morgan fingerprint density at radius 1 is 0.958 bits per heavy atom. The number of hydrogen-bond acceptors (Lipinski definition) is 3. The van der Waals surface area contributed by atoms with E-state index in [4.69, 9.17) is 0 Å². The molecule has 2 aromatic carbocycles. The summed E-state index contributed by atoms with van der Waals surface area (Å²) in [5.74, 6) is -2.04. The number of carbonyl (C=O) groups is 2. The normalized spacial score (nSPS) is 10.4. The van der Waals surface area contributed by atoms with Gasteiger partial charge in [-0.15, -0.1) is 0 Å². The molecule has 0 aliphatic rings. The van der Waals surface area contributed by atoms with Crippen LogP contribution in [-0.2, 0) is 0 Å². The lowest BCUT2D eigenvalue weighted by atomic mass is 10.2. The van der Waals surface area contributed by atoms with Gasteiger partial charge in [-0.3, -0.25) is 20.4 Å². The van der Waals surface area contributed by atoms with Crippen molar-refractivity contribution in [3.8, 4) is 0 Å². The number of benzene rings is 2. The molecule has 0 atom stereocenters. The van der Waals surface area contributed by atoms with Crippen LogP contribution in [0, 0.1) is 5.82 Å². The summed E-state index contributed by atoms with van der Waals surface area (Å²) in [5, 5.41) is 0.898. The second-order valence-corrected chi connectivity index (χ2v) is 5.84. The van der Waals surface area contributed by atoms with Gasteiger partial charge >= 0.3 is 0 Å². The fraction of sp³-hybridized carbons (Fsp3) is 0. The molecule has 3 aromatic rings. The van der Waals surface area contributed by atoms with Crippen LogP contribution in [-0.4, -0.2) is 16.8 Å². The van der Waals surface area contributed by atoms with Gasteiger partial charge in [0.05, 0.1) is 11.1 Å². The molecule has 0 spiro atoms. The molecule has 5 nitrogen and oxygen atoms in total. The fourth-order valence-corrected chi connectivity index (χ4v) is 2.44. The summed E-state index contributed by atoms with van der Waals surface area (Å²) in [7, 11) is 0. The highest BCUT2D eigenvalue weighted by atomic mass is 79.9. The summed E-state index contributed by atoms with van der Waals surface area (Å²) < 4.78 is 14.2. The number of hydrazine groups is 1. The molecule has 0 unspecified atom stereocenters. The van der Waals surface area contributed by atoms with Gasteiger partial charge in [0.2, 0.25) is 0 Å². The second-order valence-electron chi connectivity index (χ2n) is 4.92. The Kier molecular flexibility index (Phi) is 4.52.